The van der Waals surface area contributed by atoms with E-state index < -0.39 is 5.97 Å². The van der Waals surface area contributed by atoms with Gasteiger partial charge >= 0.3 is 12.0 Å². The fourth-order valence-corrected chi connectivity index (χ4v) is 1.93. The number of carbonyl (C=O) groups excluding carboxylic acids is 1. The molecule has 7 heteroatoms. The molecule has 3 N–H and O–H groups in total. The largest absolute Gasteiger partial charge is 0.496 e. The highest BCUT2D eigenvalue weighted by Gasteiger charge is 2.13. The summed E-state index contributed by atoms with van der Waals surface area (Å²) in [5, 5.41) is 14.4. The van der Waals surface area contributed by atoms with Crippen LogP contribution in [0.3, 0.4) is 0 Å². The third-order valence-electron chi connectivity index (χ3n) is 2.71. The van der Waals surface area contributed by atoms with E-state index in [4.69, 9.17) is 9.84 Å². The molecule has 0 radical (unpaired) electrons. The molecule has 1 unspecified atom stereocenters. The highest BCUT2D eigenvalue weighted by Crippen LogP contribution is 2.23. The van der Waals surface area contributed by atoms with Crippen LogP contribution in [0.5, 0.6) is 5.75 Å². The van der Waals surface area contributed by atoms with Gasteiger partial charge in [0, 0.05) is 24.3 Å². The van der Waals surface area contributed by atoms with Gasteiger partial charge in [-0.2, -0.15) is 0 Å². The number of ether oxygens (including phenoxy) is 1. The first-order valence-corrected chi connectivity index (χ1v) is 6.47. The van der Waals surface area contributed by atoms with Gasteiger partial charge in [-0.1, -0.05) is 0 Å². The Morgan fingerprint density at radius 2 is 2.05 bits per heavy atom. The number of aromatic carboxylic acids is 1. The first-order valence-electron chi connectivity index (χ1n) is 6.47. The minimum atomic E-state index is -1.08. The van der Waals surface area contributed by atoms with E-state index >= 15 is 0 Å². The first-order chi connectivity index (χ1) is 9.83. The molecular formula is C14H21N3O4. The van der Waals surface area contributed by atoms with Gasteiger partial charge in [-0.3, -0.25) is 0 Å². The number of carbonyl (C=O) groups is 2. The minimum Gasteiger partial charge on any atom is -0.496 e. The van der Waals surface area contributed by atoms with Gasteiger partial charge in [0.25, 0.3) is 0 Å². The zero-order valence-electron chi connectivity index (χ0n) is 12.6. The van der Waals surface area contributed by atoms with Gasteiger partial charge in [0.1, 0.15) is 11.3 Å². The van der Waals surface area contributed by atoms with Crippen LogP contribution in [0.4, 0.5) is 10.5 Å². The third-order valence-corrected chi connectivity index (χ3v) is 2.71. The molecule has 1 aromatic carbocycles. The number of hydrogen-bond donors (Lipinski definition) is 3. The molecule has 1 atom stereocenters. The Morgan fingerprint density at radius 1 is 1.38 bits per heavy atom. The Morgan fingerprint density at radius 3 is 2.57 bits per heavy atom. The first kappa shape index (κ1) is 16.8. The monoisotopic (exact) mass is 295 g/mol. The second-order valence-corrected chi connectivity index (χ2v) is 4.98. The number of anilines is 1. The van der Waals surface area contributed by atoms with Gasteiger partial charge in [0.05, 0.1) is 7.11 Å². The van der Waals surface area contributed by atoms with Gasteiger partial charge < -0.3 is 25.4 Å². The SMILES string of the molecule is COc1cc(NC(=O)NC(C)CN(C)C)ccc1C(=O)O. The molecule has 0 spiro atoms. The van der Waals surface area contributed by atoms with Crippen LogP contribution in [-0.4, -0.2) is 55.8 Å². The van der Waals surface area contributed by atoms with Crippen LogP contribution in [-0.2, 0) is 0 Å². The molecule has 0 saturated heterocycles. The van der Waals surface area contributed by atoms with Crippen molar-refractivity contribution in [2.24, 2.45) is 0 Å². The molecule has 0 aliphatic carbocycles. The van der Waals surface area contributed by atoms with Crippen molar-refractivity contribution < 1.29 is 19.4 Å². The standard InChI is InChI=1S/C14H21N3O4/c1-9(8-17(2)3)15-14(20)16-10-5-6-11(13(18)19)12(7-10)21-4/h5-7,9H,8H2,1-4H3,(H,18,19)(H2,15,16,20). The van der Waals surface area contributed by atoms with Crippen molar-refractivity contribution in [3.63, 3.8) is 0 Å². The lowest BCUT2D eigenvalue weighted by molar-refractivity contribution is 0.0693. The normalized spacial score (nSPS) is 11.9. The summed E-state index contributed by atoms with van der Waals surface area (Å²) >= 11 is 0. The van der Waals surface area contributed by atoms with Crippen molar-refractivity contribution in [3.05, 3.63) is 23.8 Å². The van der Waals surface area contributed by atoms with Crippen molar-refractivity contribution in [2.45, 2.75) is 13.0 Å². The molecule has 0 bridgehead atoms. The van der Waals surface area contributed by atoms with E-state index in [1.807, 2.05) is 25.9 Å². The molecule has 1 aromatic rings. The molecule has 7 nitrogen and oxygen atoms in total. The van der Waals surface area contributed by atoms with Crippen molar-refractivity contribution >= 4 is 17.7 Å². The van der Waals surface area contributed by atoms with E-state index in [1.54, 1.807) is 0 Å². The van der Waals surface area contributed by atoms with E-state index in [0.29, 0.717) is 12.2 Å². The molecule has 1 rings (SSSR count). The van der Waals surface area contributed by atoms with Crippen molar-refractivity contribution in [2.75, 3.05) is 33.1 Å². The number of amides is 2. The molecule has 0 fully saturated rings. The molecular weight excluding hydrogens is 274 g/mol. The number of nitrogens with one attached hydrogen (secondary N) is 2. The summed E-state index contributed by atoms with van der Waals surface area (Å²) in [5.41, 5.74) is 0.510. The van der Waals surface area contributed by atoms with Gasteiger partial charge in [-0.05, 0) is 33.2 Å². The van der Waals surface area contributed by atoms with E-state index in [-0.39, 0.29) is 23.4 Å². The number of benzene rings is 1. The number of carboxylic acids is 1. The summed E-state index contributed by atoms with van der Waals surface area (Å²) in [6.45, 7) is 2.61. The van der Waals surface area contributed by atoms with E-state index in [2.05, 4.69) is 10.6 Å². The van der Waals surface area contributed by atoms with Crippen LogP contribution >= 0.6 is 0 Å². The quantitative estimate of drug-likeness (QED) is 0.739. The summed E-state index contributed by atoms with van der Waals surface area (Å²) in [7, 11) is 5.22. The lowest BCUT2D eigenvalue weighted by atomic mass is 10.2. The van der Waals surface area contributed by atoms with Gasteiger partial charge in [-0.25, -0.2) is 9.59 Å². The smallest absolute Gasteiger partial charge is 0.339 e. The maximum Gasteiger partial charge on any atom is 0.339 e. The van der Waals surface area contributed by atoms with E-state index in [9.17, 15) is 9.59 Å². The molecule has 21 heavy (non-hydrogen) atoms. The Hall–Kier alpha value is -2.28. The number of carboxylic acid groups (broad SMARTS) is 1. The maximum absolute atomic E-state index is 11.8. The van der Waals surface area contributed by atoms with Crippen molar-refractivity contribution in [1.29, 1.82) is 0 Å². The molecule has 0 saturated carbocycles. The number of hydrogen-bond acceptors (Lipinski definition) is 4. The third kappa shape index (κ3) is 5.31. The number of rotatable bonds is 6. The average molecular weight is 295 g/mol. The number of likely N-dealkylation sites (N-methyl/N-ethyl adjacent to an activating group) is 1. The van der Waals surface area contributed by atoms with Crippen LogP contribution in [0.25, 0.3) is 0 Å². The number of nitrogens with zero attached hydrogens (tertiary/aromatic N) is 1. The lowest BCUT2D eigenvalue weighted by Crippen LogP contribution is -2.41. The average Bonchev–Trinajstić information content (AvgIpc) is 2.36. The minimum absolute atomic E-state index is 0.0137. The molecule has 116 valence electrons. The van der Waals surface area contributed by atoms with Crippen molar-refractivity contribution in [1.82, 2.24) is 10.2 Å². The zero-order valence-corrected chi connectivity index (χ0v) is 12.6. The molecule has 2 amide bonds. The zero-order chi connectivity index (χ0) is 16.0. The van der Waals surface area contributed by atoms with Crippen LogP contribution in [0.2, 0.25) is 0 Å². The lowest BCUT2D eigenvalue weighted by Gasteiger charge is -2.18. The summed E-state index contributed by atoms with van der Waals surface area (Å²) in [6, 6.07) is 4.01. The predicted octanol–water partition coefficient (Wildman–Crippen LogP) is 1.46. The number of methoxy groups -OCH3 is 1. The summed E-state index contributed by atoms with van der Waals surface area (Å²) in [6.07, 6.45) is 0. The van der Waals surface area contributed by atoms with Crippen molar-refractivity contribution in [3.8, 4) is 5.75 Å². The summed E-state index contributed by atoms with van der Waals surface area (Å²) in [4.78, 5) is 24.8. The highest BCUT2D eigenvalue weighted by molar-refractivity contribution is 5.94. The fraction of sp³-hybridized carbons (Fsp3) is 0.429. The van der Waals surface area contributed by atoms with Crippen LogP contribution in [0.1, 0.15) is 17.3 Å². The Kier molecular flexibility index (Phi) is 5.98. The van der Waals surface area contributed by atoms with E-state index in [1.165, 1.54) is 25.3 Å². The molecule has 0 aliphatic heterocycles. The maximum atomic E-state index is 11.8. The Labute approximate surface area is 123 Å². The number of urea groups is 1. The molecule has 0 aliphatic rings. The topological polar surface area (TPSA) is 90.9 Å². The van der Waals surface area contributed by atoms with Crippen LogP contribution < -0.4 is 15.4 Å². The molecule has 0 aromatic heterocycles. The summed E-state index contributed by atoms with van der Waals surface area (Å²) < 4.78 is 5.00. The van der Waals surface area contributed by atoms with E-state index in [0.717, 1.165) is 0 Å². The fourth-order valence-electron chi connectivity index (χ4n) is 1.93. The second-order valence-electron chi connectivity index (χ2n) is 4.98. The second kappa shape index (κ2) is 7.49. The highest BCUT2D eigenvalue weighted by atomic mass is 16.5. The molecule has 0 heterocycles. The predicted molar refractivity (Wildman–Crippen MR) is 80.1 cm³/mol. The Balaban J connectivity index is 2.70. The van der Waals surface area contributed by atoms with Gasteiger partial charge in [0.2, 0.25) is 0 Å². The van der Waals surface area contributed by atoms with Gasteiger partial charge in [0.15, 0.2) is 0 Å². The Bertz CT molecular complexity index is 517. The summed E-state index contributed by atoms with van der Waals surface area (Å²) in [5.74, 6) is -0.885. The van der Waals surface area contributed by atoms with Gasteiger partial charge in [-0.15, -0.1) is 0 Å². The van der Waals surface area contributed by atoms with Crippen LogP contribution in [0.15, 0.2) is 18.2 Å². The van der Waals surface area contributed by atoms with Crippen LogP contribution in [0, 0.1) is 0 Å².